The quantitative estimate of drug-likeness (QED) is 0.658. The Kier molecular flexibility index (Phi) is 3.88. The molecule has 0 fully saturated rings. The van der Waals surface area contributed by atoms with E-state index in [0.717, 1.165) is 0 Å². The van der Waals surface area contributed by atoms with E-state index in [9.17, 15) is 4.39 Å². The van der Waals surface area contributed by atoms with Crippen molar-refractivity contribution < 1.29 is 4.39 Å². The minimum absolute atomic E-state index is 0.219. The van der Waals surface area contributed by atoms with Crippen molar-refractivity contribution >= 4 is 39.7 Å². The highest BCUT2D eigenvalue weighted by atomic mass is 79.9. The van der Waals surface area contributed by atoms with E-state index in [-0.39, 0.29) is 5.02 Å². The van der Waals surface area contributed by atoms with Gasteiger partial charge in [-0.1, -0.05) is 17.7 Å². The van der Waals surface area contributed by atoms with Crippen molar-refractivity contribution in [1.29, 1.82) is 0 Å². The first-order chi connectivity index (χ1) is 10.1. The summed E-state index contributed by atoms with van der Waals surface area (Å²) in [5.41, 5.74) is 1.13. The molecule has 0 aliphatic rings. The minimum Gasteiger partial charge on any atom is -0.264 e. The van der Waals surface area contributed by atoms with Crippen LogP contribution >= 0.6 is 39.7 Å². The lowest BCUT2D eigenvalue weighted by molar-refractivity contribution is 0.626. The molecule has 0 aliphatic heterocycles. The molecular weight excluding hydrogens is 379 g/mol. The summed E-state index contributed by atoms with van der Waals surface area (Å²) in [6, 6.07) is 7.98. The summed E-state index contributed by atoms with van der Waals surface area (Å²) in [4.78, 5) is 4.24. The van der Waals surface area contributed by atoms with Gasteiger partial charge in [-0.05, 0) is 52.4 Å². The Morgan fingerprint density at radius 3 is 2.81 bits per heavy atom. The molecule has 0 atom stereocenters. The molecule has 106 valence electrons. The molecule has 0 aliphatic carbocycles. The molecule has 21 heavy (non-hydrogen) atoms. The molecule has 0 bridgehead atoms. The third-order valence-corrected chi connectivity index (χ3v) is 3.94. The molecule has 1 aromatic carbocycles. The Balaban J connectivity index is 2.30. The van der Waals surface area contributed by atoms with E-state index in [2.05, 4.69) is 31.1 Å². The Morgan fingerprint density at radius 2 is 2.14 bits per heavy atom. The van der Waals surface area contributed by atoms with Gasteiger partial charge in [0.1, 0.15) is 11.5 Å². The van der Waals surface area contributed by atoms with Gasteiger partial charge < -0.3 is 0 Å². The number of rotatable bonds is 2. The molecule has 2 aromatic heterocycles. The number of benzene rings is 1. The zero-order valence-corrected chi connectivity index (χ0v) is 13.5. The molecule has 0 radical (unpaired) electrons. The van der Waals surface area contributed by atoms with Gasteiger partial charge >= 0.3 is 0 Å². The van der Waals surface area contributed by atoms with Crippen molar-refractivity contribution in [3.63, 3.8) is 0 Å². The molecule has 0 saturated carbocycles. The van der Waals surface area contributed by atoms with Crippen LogP contribution in [0.4, 0.5) is 4.39 Å². The molecule has 0 saturated heterocycles. The second-order valence-corrected chi connectivity index (χ2v) is 5.77. The molecule has 4 nitrogen and oxygen atoms in total. The zero-order chi connectivity index (χ0) is 15.0. The normalized spacial score (nSPS) is 10.8. The lowest BCUT2D eigenvalue weighted by Crippen LogP contribution is -2.01. The predicted molar refractivity (Wildman–Crippen MR) is 84.6 cm³/mol. The average molecular weight is 386 g/mol. The third-order valence-electron chi connectivity index (χ3n) is 2.77. The molecule has 3 rings (SSSR count). The average Bonchev–Trinajstić information content (AvgIpc) is 2.81. The molecule has 0 unspecified atom stereocenters. The Hall–Kier alpha value is -1.57. The largest absolute Gasteiger partial charge is 0.264 e. The van der Waals surface area contributed by atoms with Gasteiger partial charge in [-0.2, -0.15) is 5.10 Å². The number of H-pyrrole nitrogens is 1. The highest BCUT2D eigenvalue weighted by Crippen LogP contribution is 2.32. The summed E-state index contributed by atoms with van der Waals surface area (Å²) < 4.78 is 15.8. The highest BCUT2D eigenvalue weighted by Gasteiger charge is 2.17. The number of nitrogens with zero attached hydrogens (tertiary/aromatic N) is 3. The summed E-state index contributed by atoms with van der Waals surface area (Å²) in [6.45, 7) is 0. The summed E-state index contributed by atoms with van der Waals surface area (Å²) in [5.74, 6) is 0.0554. The van der Waals surface area contributed by atoms with Crippen LogP contribution in [0.15, 0.2) is 41.0 Å². The standard InChI is InChI=1S/C13H7BrClFN4S/c14-8-5-7(16)6-9(15)11(8)20-12(18-19-13(20)21)10-3-1-2-4-17-10/h1-6H,(H,19,21). The molecule has 2 heterocycles. The lowest BCUT2D eigenvalue weighted by Gasteiger charge is -2.11. The van der Waals surface area contributed by atoms with E-state index in [4.69, 9.17) is 23.8 Å². The van der Waals surface area contributed by atoms with E-state index in [0.29, 0.717) is 26.4 Å². The van der Waals surface area contributed by atoms with Crippen LogP contribution in [0.1, 0.15) is 0 Å². The lowest BCUT2D eigenvalue weighted by atomic mass is 10.3. The molecule has 0 amide bonds. The fourth-order valence-electron chi connectivity index (χ4n) is 1.92. The van der Waals surface area contributed by atoms with Gasteiger partial charge in [0.25, 0.3) is 0 Å². The van der Waals surface area contributed by atoms with Crippen LogP contribution in [0, 0.1) is 10.6 Å². The van der Waals surface area contributed by atoms with Gasteiger partial charge in [0.15, 0.2) is 10.6 Å². The zero-order valence-electron chi connectivity index (χ0n) is 10.3. The summed E-state index contributed by atoms with van der Waals surface area (Å²) in [6.07, 6.45) is 1.65. The monoisotopic (exact) mass is 384 g/mol. The van der Waals surface area contributed by atoms with Gasteiger partial charge in [-0.3, -0.25) is 14.6 Å². The van der Waals surface area contributed by atoms with Gasteiger partial charge in [0.05, 0.1) is 10.7 Å². The van der Waals surface area contributed by atoms with Crippen LogP contribution in [0.2, 0.25) is 5.02 Å². The maximum Gasteiger partial charge on any atom is 0.200 e. The van der Waals surface area contributed by atoms with E-state index >= 15 is 0 Å². The van der Waals surface area contributed by atoms with Crippen molar-refractivity contribution in [2.75, 3.05) is 0 Å². The fourth-order valence-corrected chi connectivity index (χ4v) is 3.16. The number of pyridine rings is 1. The van der Waals surface area contributed by atoms with Crippen LogP contribution < -0.4 is 0 Å². The van der Waals surface area contributed by atoms with Crippen LogP contribution in [-0.2, 0) is 0 Å². The van der Waals surface area contributed by atoms with Crippen molar-refractivity contribution in [3.05, 3.63) is 56.6 Å². The van der Waals surface area contributed by atoms with Crippen molar-refractivity contribution in [1.82, 2.24) is 19.7 Å². The van der Waals surface area contributed by atoms with Gasteiger partial charge in [-0.15, -0.1) is 0 Å². The smallest absolute Gasteiger partial charge is 0.200 e. The second-order valence-electron chi connectivity index (χ2n) is 4.12. The fraction of sp³-hybridized carbons (Fsp3) is 0. The number of aromatic nitrogens is 4. The first-order valence-corrected chi connectivity index (χ1v) is 7.39. The van der Waals surface area contributed by atoms with Crippen molar-refractivity contribution in [2.45, 2.75) is 0 Å². The number of halogens is 3. The van der Waals surface area contributed by atoms with Crippen LogP contribution in [0.25, 0.3) is 17.2 Å². The second kappa shape index (κ2) is 5.67. The predicted octanol–water partition coefficient (Wildman–Crippen LogP) is 4.55. The van der Waals surface area contributed by atoms with E-state index in [1.54, 1.807) is 22.9 Å². The molecule has 3 aromatic rings. The molecular formula is C13H7BrClFN4S. The first-order valence-electron chi connectivity index (χ1n) is 5.81. The van der Waals surface area contributed by atoms with Crippen LogP contribution in [0.3, 0.4) is 0 Å². The van der Waals surface area contributed by atoms with Gasteiger partial charge in [0.2, 0.25) is 0 Å². The molecule has 1 N–H and O–H groups in total. The SMILES string of the molecule is Fc1cc(Cl)c(-n2c(-c3ccccn3)n[nH]c2=S)c(Br)c1. The van der Waals surface area contributed by atoms with Crippen LogP contribution in [-0.4, -0.2) is 19.7 Å². The summed E-state index contributed by atoms with van der Waals surface area (Å²) in [5, 5.41) is 7.10. The van der Waals surface area contributed by atoms with Gasteiger partial charge in [-0.25, -0.2) is 4.39 Å². The number of hydrogen-bond acceptors (Lipinski definition) is 3. The minimum atomic E-state index is -0.440. The first kappa shape index (κ1) is 14.4. The van der Waals surface area contributed by atoms with Crippen molar-refractivity contribution in [2.24, 2.45) is 0 Å². The van der Waals surface area contributed by atoms with Crippen LogP contribution in [0.5, 0.6) is 0 Å². The summed E-state index contributed by atoms with van der Waals surface area (Å²) in [7, 11) is 0. The topological polar surface area (TPSA) is 46.5 Å². The van der Waals surface area contributed by atoms with E-state index in [1.165, 1.54) is 12.1 Å². The van der Waals surface area contributed by atoms with E-state index < -0.39 is 5.82 Å². The van der Waals surface area contributed by atoms with Gasteiger partial charge in [0, 0.05) is 10.7 Å². The van der Waals surface area contributed by atoms with E-state index in [1.807, 2.05) is 6.07 Å². The number of aromatic amines is 1. The highest BCUT2D eigenvalue weighted by molar-refractivity contribution is 9.10. The Bertz CT molecular complexity index is 839. The summed E-state index contributed by atoms with van der Waals surface area (Å²) >= 11 is 14.7. The third kappa shape index (κ3) is 2.64. The van der Waals surface area contributed by atoms with Crippen molar-refractivity contribution in [3.8, 4) is 17.2 Å². The number of nitrogens with one attached hydrogen (secondary N) is 1. The Labute approximate surface area is 137 Å². The maximum absolute atomic E-state index is 13.4. The molecule has 8 heteroatoms. The number of hydrogen-bond donors (Lipinski definition) is 1. The molecule has 0 spiro atoms. The maximum atomic E-state index is 13.4. The Morgan fingerprint density at radius 1 is 1.33 bits per heavy atom.